The first kappa shape index (κ1) is 13.9. The van der Waals surface area contributed by atoms with Crippen LogP contribution in [0.2, 0.25) is 0 Å². The predicted octanol–water partition coefficient (Wildman–Crippen LogP) is 1.75. The fraction of sp³-hybridized carbons (Fsp3) is 0.600. The normalized spacial score (nSPS) is 31.6. The molecule has 0 bridgehead atoms. The number of benzene rings is 1. The zero-order valence-corrected chi connectivity index (χ0v) is 12.7. The van der Waals surface area contributed by atoms with Crippen molar-refractivity contribution in [3.05, 3.63) is 29.8 Å². The highest BCUT2D eigenvalue weighted by Crippen LogP contribution is 2.32. The molecule has 1 aromatic carbocycles. The van der Waals surface area contributed by atoms with Crippen LogP contribution in [0.25, 0.3) is 0 Å². The molecule has 5 heteroatoms. The summed E-state index contributed by atoms with van der Waals surface area (Å²) in [5.74, 6) is 1.05. The molecular formula is C15H22N2O2S. The summed E-state index contributed by atoms with van der Waals surface area (Å²) in [5.41, 5.74) is 2.31. The molecule has 110 valence electrons. The standard InChI is InChI=1S/C15H22N2O2S/c1-15(7-9-20(18,19)11-15)17-10-12-6-8-16-14-5-3-2-4-13(12)14/h2-5,12,16-17H,6-11H2,1H3. The lowest BCUT2D eigenvalue weighted by Crippen LogP contribution is -2.45. The second-order valence-electron chi connectivity index (χ2n) is 6.28. The summed E-state index contributed by atoms with van der Waals surface area (Å²) in [4.78, 5) is 0. The lowest BCUT2D eigenvalue weighted by atomic mass is 9.90. The molecule has 0 radical (unpaired) electrons. The minimum absolute atomic E-state index is 0.251. The number of para-hydroxylation sites is 1. The van der Waals surface area contributed by atoms with Crippen molar-refractivity contribution in [2.75, 3.05) is 29.9 Å². The average molecular weight is 294 g/mol. The topological polar surface area (TPSA) is 58.2 Å². The van der Waals surface area contributed by atoms with E-state index in [-0.39, 0.29) is 11.3 Å². The van der Waals surface area contributed by atoms with Crippen LogP contribution < -0.4 is 10.6 Å². The molecule has 2 atom stereocenters. The van der Waals surface area contributed by atoms with Gasteiger partial charge in [0.25, 0.3) is 0 Å². The van der Waals surface area contributed by atoms with Crippen molar-refractivity contribution in [1.29, 1.82) is 0 Å². The lowest BCUT2D eigenvalue weighted by Gasteiger charge is -2.31. The second kappa shape index (κ2) is 5.04. The Morgan fingerprint density at radius 3 is 2.95 bits per heavy atom. The Kier molecular flexibility index (Phi) is 3.50. The Bertz CT molecular complexity index is 600. The second-order valence-corrected chi connectivity index (χ2v) is 8.47. The summed E-state index contributed by atoms with van der Waals surface area (Å²) in [5, 5.41) is 6.94. The number of sulfone groups is 1. The van der Waals surface area contributed by atoms with E-state index in [4.69, 9.17) is 0 Å². The largest absolute Gasteiger partial charge is 0.385 e. The van der Waals surface area contributed by atoms with Crippen molar-refractivity contribution in [2.24, 2.45) is 0 Å². The fourth-order valence-electron chi connectivity index (χ4n) is 3.28. The summed E-state index contributed by atoms with van der Waals surface area (Å²) < 4.78 is 23.3. The van der Waals surface area contributed by atoms with Gasteiger partial charge in [-0.2, -0.15) is 0 Å². The van der Waals surface area contributed by atoms with E-state index in [1.165, 1.54) is 11.3 Å². The molecule has 1 fully saturated rings. The quantitative estimate of drug-likeness (QED) is 0.892. The van der Waals surface area contributed by atoms with Crippen molar-refractivity contribution >= 4 is 15.5 Å². The number of anilines is 1. The van der Waals surface area contributed by atoms with Crippen LogP contribution in [0.3, 0.4) is 0 Å². The number of hydrogen-bond donors (Lipinski definition) is 2. The van der Waals surface area contributed by atoms with Crippen LogP contribution in [0, 0.1) is 0 Å². The summed E-state index contributed by atoms with van der Waals surface area (Å²) >= 11 is 0. The summed E-state index contributed by atoms with van der Waals surface area (Å²) in [7, 11) is -2.84. The number of nitrogens with one attached hydrogen (secondary N) is 2. The maximum Gasteiger partial charge on any atom is 0.152 e. The van der Waals surface area contributed by atoms with Gasteiger partial charge in [-0.3, -0.25) is 0 Å². The van der Waals surface area contributed by atoms with E-state index in [0.717, 1.165) is 25.9 Å². The maximum atomic E-state index is 11.6. The van der Waals surface area contributed by atoms with Crippen LogP contribution in [0.15, 0.2) is 24.3 Å². The van der Waals surface area contributed by atoms with Gasteiger partial charge in [0.2, 0.25) is 0 Å². The van der Waals surface area contributed by atoms with E-state index < -0.39 is 9.84 Å². The van der Waals surface area contributed by atoms with Crippen molar-refractivity contribution in [3.8, 4) is 0 Å². The Hall–Kier alpha value is -1.07. The molecule has 2 aliphatic heterocycles. The molecule has 0 aliphatic carbocycles. The minimum atomic E-state index is -2.84. The van der Waals surface area contributed by atoms with E-state index in [0.29, 0.717) is 11.7 Å². The van der Waals surface area contributed by atoms with Crippen LogP contribution in [0.4, 0.5) is 5.69 Å². The monoisotopic (exact) mass is 294 g/mol. The highest BCUT2D eigenvalue weighted by Gasteiger charge is 2.38. The van der Waals surface area contributed by atoms with Gasteiger partial charge in [-0.15, -0.1) is 0 Å². The number of rotatable bonds is 3. The van der Waals surface area contributed by atoms with E-state index in [1.807, 2.05) is 13.0 Å². The molecule has 20 heavy (non-hydrogen) atoms. The summed E-state index contributed by atoms with van der Waals surface area (Å²) in [6.45, 7) is 3.87. The molecule has 2 N–H and O–H groups in total. The smallest absolute Gasteiger partial charge is 0.152 e. The first-order chi connectivity index (χ1) is 9.48. The first-order valence-corrected chi connectivity index (χ1v) is 9.08. The molecule has 4 nitrogen and oxygen atoms in total. The van der Waals surface area contributed by atoms with Gasteiger partial charge in [-0.1, -0.05) is 18.2 Å². The summed E-state index contributed by atoms with van der Waals surface area (Å²) in [6, 6.07) is 8.40. The predicted molar refractivity (Wildman–Crippen MR) is 82.0 cm³/mol. The SMILES string of the molecule is CC1(NCC2CCNc3ccccc32)CCS(=O)(=O)C1. The van der Waals surface area contributed by atoms with Gasteiger partial charge in [-0.25, -0.2) is 8.42 Å². The van der Waals surface area contributed by atoms with Gasteiger partial charge in [-0.05, 0) is 31.4 Å². The Labute approximate surface area is 120 Å². The zero-order chi connectivity index (χ0) is 14.2. The molecular weight excluding hydrogens is 272 g/mol. The van der Waals surface area contributed by atoms with E-state index >= 15 is 0 Å². The number of hydrogen-bond acceptors (Lipinski definition) is 4. The molecule has 3 rings (SSSR count). The van der Waals surface area contributed by atoms with Gasteiger partial charge in [0.15, 0.2) is 9.84 Å². The molecule has 0 spiro atoms. The van der Waals surface area contributed by atoms with Crippen LogP contribution >= 0.6 is 0 Å². The third kappa shape index (κ3) is 2.83. The minimum Gasteiger partial charge on any atom is -0.385 e. The highest BCUT2D eigenvalue weighted by molar-refractivity contribution is 7.91. The van der Waals surface area contributed by atoms with Gasteiger partial charge < -0.3 is 10.6 Å². The molecule has 1 aromatic rings. The van der Waals surface area contributed by atoms with E-state index in [1.54, 1.807) is 0 Å². The zero-order valence-electron chi connectivity index (χ0n) is 11.9. The van der Waals surface area contributed by atoms with Crippen molar-refractivity contribution in [2.45, 2.75) is 31.2 Å². The molecule has 0 aromatic heterocycles. The van der Waals surface area contributed by atoms with Gasteiger partial charge in [0, 0.05) is 30.2 Å². The maximum absolute atomic E-state index is 11.6. The molecule has 1 saturated heterocycles. The van der Waals surface area contributed by atoms with Crippen LogP contribution in [-0.4, -0.2) is 38.6 Å². The Morgan fingerprint density at radius 2 is 2.20 bits per heavy atom. The van der Waals surface area contributed by atoms with Crippen LogP contribution in [0.5, 0.6) is 0 Å². The summed E-state index contributed by atoms with van der Waals surface area (Å²) in [6.07, 6.45) is 1.81. The third-order valence-corrected chi connectivity index (χ3v) is 6.39. The van der Waals surface area contributed by atoms with Gasteiger partial charge in [0.05, 0.1) is 11.5 Å². The van der Waals surface area contributed by atoms with Crippen molar-refractivity contribution < 1.29 is 8.42 Å². The molecule has 2 aliphatic rings. The third-order valence-electron chi connectivity index (χ3n) is 4.49. The Balaban J connectivity index is 1.68. The lowest BCUT2D eigenvalue weighted by molar-refractivity contribution is 0.376. The molecule has 2 unspecified atom stereocenters. The van der Waals surface area contributed by atoms with Crippen LogP contribution in [0.1, 0.15) is 31.2 Å². The molecule has 0 saturated carbocycles. The Morgan fingerprint density at radius 1 is 1.40 bits per heavy atom. The van der Waals surface area contributed by atoms with E-state index in [2.05, 4.69) is 28.8 Å². The number of fused-ring (bicyclic) bond motifs is 1. The highest BCUT2D eigenvalue weighted by atomic mass is 32.2. The van der Waals surface area contributed by atoms with E-state index in [9.17, 15) is 8.42 Å². The molecule has 2 heterocycles. The van der Waals surface area contributed by atoms with Gasteiger partial charge in [0.1, 0.15) is 0 Å². The fourth-order valence-corrected chi connectivity index (χ4v) is 5.41. The van der Waals surface area contributed by atoms with Crippen molar-refractivity contribution in [3.63, 3.8) is 0 Å². The first-order valence-electron chi connectivity index (χ1n) is 7.26. The van der Waals surface area contributed by atoms with Crippen molar-refractivity contribution in [1.82, 2.24) is 5.32 Å². The average Bonchev–Trinajstić information content (AvgIpc) is 2.71. The molecule has 0 amide bonds. The van der Waals surface area contributed by atoms with Crippen LogP contribution in [-0.2, 0) is 9.84 Å². The van der Waals surface area contributed by atoms with Gasteiger partial charge >= 0.3 is 0 Å².